The highest BCUT2D eigenvalue weighted by atomic mass is 16.5. The van der Waals surface area contributed by atoms with Gasteiger partial charge in [0.25, 0.3) is 0 Å². The first-order valence-electron chi connectivity index (χ1n) is 10.1. The summed E-state index contributed by atoms with van der Waals surface area (Å²) in [5, 5.41) is 0. The van der Waals surface area contributed by atoms with Crippen molar-refractivity contribution in [1.29, 1.82) is 0 Å². The molecule has 142 valence electrons. The fourth-order valence-electron chi connectivity index (χ4n) is 4.21. The molecular formula is C27H23NO. The van der Waals surface area contributed by atoms with Crippen LogP contribution in [-0.4, -0.2) is 0 Å². The molecule has 0 spiro atoms. The second-order valence-electron chi connectivity index (χ2n) is 7.33. The van der Waals surface area contributed by atoms with Crippen LogP contribution in [0, 0.1) is 0 Å². The molecule has 1 fully saturated rings. The van der Waals surface area contributed by atoms with E-state index in [1.54, 1.807) is 0 Å². The fraction of sp³-hybridized carbons (Fsp3) is 0.111. The van der Waals surface area contributed by atoms with Crippen LogP contribution in [0.5, 0.6) is 0 Å². The first kappa shape index (κ1) is 17.7. The lowest BCUT2D eigenvalue weighted by molar-refractivity contribution is 0.0404. The van der Waals surface area contributed by atoms with Crippen LogP contribution in [0.3, 0.4) is 0 Å². The maximum absolute atomic E-state index is 6.79. The Morgan fingerprint density at radius 3 is 1.48 bits per heavy atom. The van der Waals surface area contributed by atoms with Gasteiger partial charge in [-0.2, -0.15) is 0 Å². The van der Waals surface area contributed by atoms with E-state index in [0.717, 1.165) is 11.3 Å². The predicted molar refractivity (Wildman–Crippen MR) is 118 cm³/mol. The van der Waals surface area contributed by atoms with Crippen LogP contribution < -0.4 is 4.90 Å². The van der Waals surface area contributed by atoms with Crippen LogP contribution in [0.4, 0.5) is 5.69 Å². The Balaban J connectivity index is 1.69. The molecule has 0 radical (unpaired) electrons. The van der Waals surface area contributed by atoms with Gasteiger partial charge in [-0.15, -0.1) is 0 Å². The quantitative estimate of drug-likeness (QED) is 0.392. The van der Waals surface area contributed by atoms with E-state index >= 15 is 0 Å². The van der Waals surface area contributed by atoms with Crippen molar-refractivity contribution in [2.24, 2.45) is 0 Å². The summed E-state index contributed by atoms with van der Waals surface area (Å²) in [5.41, 5.74) is 4.77. The van der Waals surface area contributed by atoms with Crippen molar-refractivity contribution in [2.75, 3.05) is 4.90 Å². The van der Waals surface area contributed by atoms with Crippen molar-refractivity contribution < 1.29 is 4.74 Å². The minimum Gasteiger partial charge on any atom is -0.344 e. The molecule has 0 amide bonds. The van der Waals surface area contributed by atoms with Gasteiger partial charge in [0, 0.05) is 11.3 Å². The normalized spacial score (nSPS) is 21.2. The van der Waals surface area contributed by atoms with Gasteiger partial charge in [0.15, 0.2) is 6.23 Å². The summed E-state index contributed by atoms with van der Waals surface area (Å²) >= 11 is 0. The Hall–Kier alpha value is -3.36. The molecule has 1 heterocycles. The first-order valence-corrected chi connectivity index (χ1v) is 10.1. The van der Waals surface area contributed by atoms with Crippen molar-refractivity contribution in [3.8, 4) is 0 Å². The van der Waals surface area contributed by atoms with E-state index in [2.05, 4.69) is 126 Å². The standard InChI is InChI=1S/C27H23NO/c1-5-13-21(14-6-1)25-26(22-15-7-2-8-16-22)29-27(23-17-9-3-10-18-23)28(25)24-19-11-4-12-20-24/h1-20,25-27H. The minimum absolute atomic E-state index is 0.0657. The van der Waals surface area contributed by atoms with Crippen molar-refractivity contribution >= 4 is 5.69 Å². The number of benzene rings is 4. The van der Waals surface area contributed by atoms with Crippen LogP contribution in [0.15, 0.2) is 121 Å². The summed E-state index contributed by atoms with van der Waals surface area (Å²) in [6, 6.07) is 42.4. The van der Waals surface area contributed by atoms with Crippen LogP contribution in [0.2, 0.25) is 0 Å². The lowest BCUT2D eigenvalue weighted by Gasteiger charge is -2.31. The summed E-state index contributed by atoms with van der Waals surface area (Å²) in [6.07, 6.45) is -0.224. The van der Waals surface area contributed by atoms with E-state index in [-0.39, 0.29) is 18.4 Å². The Morgan fingerprint density at radius 1 is 0.483 bits per heavy atom. The molecule has 29 heavy (non-hydrogen) atoms. The second-order valence-corrected chi connectivity index (χ2v) is 7.33. The van der Waals surface area contributed by atoms with Gasteiger partial charge in [0.2, 0.25) is 0 Å². The van der Waals surface area contributed by atoms with E-state index in [1.807, 2.05) is 0 Å². The smallest absolute Gasteiger partial charge is 0.158 e. The van der Waals surface area contributed by atoms with E-state index in [1.165, 1.54) is 11.1 Å². The Bertz CT molecular complexity index is 948. The van der Waals surface area contributed by atoms with Gasteiger partial charge in [-0.3, -0.25) is 0 Å². The van der Waals surface area contributed by atoms with Crippen molar-refractivity contribution in [1.82, 2.24) is 0 Å². The van der Waals surface area contributed by atoms with Crippen LogP contribution in [0.1, 0.15) is 35.1 Å². The van der Waals surface area contributed by atoms with Gasteiger partial charge in [0.05, 0.1) is 6.04 Å². The third kappa shape index (κ3) is 3.43. The second kappa shape index (κ2) is 7.94. The SMILES string of the molecule is c1ccc(C2OC(c3ccccc3)N(c3ccccc3)C2c2ccccc2)cc1. The molecule has 2 heteroatoms. The number of rotatable bonds is 4. The summed E-state index contributed by atoms with van der Waals surface area (Å²) < 4.78 is 6.79. The predicted octanol–water partition coefficient (Wildman–Crippen LogP) is 6.70. The van der Waals surface area contributed by atoms with Gasteiger partial charge in [-0.1, -0.05) is 109 Å². The van der Waals surface area contributed by atoms with Gasteiger partial charge >= 0.3 is 0 Å². The van der Waals surface area contributed by atoms with Crippen molar-refractivity contribution in [3.05, 3.63) is 138 Å². The zero-order valence-electron chi connectivity index (χ0n) is 16.1. The number of ether oxygens (including phenoxy) is 1. The van der Waals surface area contributed by atoms with Crippen molar-refractivity contribution in [2.45, 2.75) is 18.4 Å². The highest BCUT2D eigenvalue weighted by molar-refractivity contribution is 5.53. The van der Waals surface area contributed by atoms with Gasteiger partial charge in [0.1, 0.15) is 6.10 Å². The van der Waals surface area contributed by atoms with E-state index in [9.17, 15) is 0 Å². The van der Waals surface area contributed by atoms with Crippen LogP contribution in [0.25, 0.3) is 0 Å². The van der Waals surface area contributed by atoms with Gasteiger partial charge in [-0.05, 0) is 23.3 Å². The molecule has 2 nitrogen and oxygen atoms in total. The Morgan fingerprint density at radius 2 is 0.931 bits per heavy atom. The molecular weight excluding hydrogens is 354 g/mol. The van der Waals surface area contributed by atoms with Crippen LogP contribution in [-0.2, 0) is 4.74 Å². The molecule has 1 aliphatic rings. The largest absolute Gasteiger partial charge is 0.344 e. The lowest BCUT2D eigenvalue weighted by Crippen LogP contribution is -2.27. The summed E-state index contributed by atoms with van der Waals surface area (Å²) in [6.45, 7) is 0. The van der Waals surface area contributed by atoms with Crippen molar-refractivity contribution in [3.63, 3.8) is 0 Å². The first-order chi connectivity index (χ1) is 14.4. The highest BCUT2D eigenvalue weighted by Crippen LogP contribution is 2.52. The molecule has 0 N–H and O–H groups in total. The Labute approximate surface area is 172 Å². The number of nitrogens with zero attached hydrogens (tertiary/aromatic N) is 1. The lowest BCUT2D eigenvalue weighted by atomic mass is 9.95. The average Bonchev–Trinajstić information content (AvgIpc) is 3.22. The van der Waals surface area contributed by atoms with E-state index in [0.29, 0.717) is 0 Å². The monoisotopic (exact) mass is 377 g/mol. The molecule has 3 unspecified atom stereocenters. The maximum Gasteiger partial charge on any atom is 0.158 e. The Kier molecular flexibility index (Phi) is 4.85. The molecule has 0 aliphatic carbocycles. The molecule has 0 saturated carbocycles. The fourth-order valence-corrected chi connectivity index (χ4v) is 4.21. The third-order valence-electron chi connectivity index (χ3n) is 5.52. The number of anilines is 1. The summed E-state index contributed by atoms with van der Waals surface area (Å²) in [7, 11) is 0. The molecule has 0 aromatic heterocycles. The molecule has 1 aliphatic heterocycles. The van der Waals surface area contributed by atoms with E-state index in [4.69, 9.17) is 4.74 Å². The topological polar surface area (TPSA) is 12.5 Å². The average molecular weight is 377 g/mol. The maximum atomic E-state index is 6.79. The molecule has 0 bridgehead atoms. The molecule has 3 atom stereocenters. The number of hydrogen-bond acceptors (Lipinski definition) is 2. The summed E-state index contributed by atoms with van der Waals surface area (Å²) in [5.74, 6) is 0. The summed E-state index contributed by atoms with van der Waals surface area (Å²) in [4.78, 5) is 2.42. The highest BCUT2D eigenvalue weighted by Gasteiger charge is 2.44. The zero-order chi connectivity index (χ0) is 19.5. The minimum atomic E-state index is -0.158. The zero-order valence-corrected chi connectivity index (χ0v) is 16.1. The van der Waals surface area contributed by atoms with Crippen LogP contribution >= 0.6 is 0 Å². The number of para-hydroxylation sites is 1. The van der Waals surface area contributed by atoms with Gasteiger partial charge < -0.3 is 9.64 Å². The van der Waals surface area contributed by atoms with E-state index < -0.39 is 0 Å². The molecule has 5 rings (SSSR count). The molecule has 4 aromatic carbocycles. The third-order valence-corrected chi connectivity index (χ3v) is 5.52. The van der Waals surface area contributed by atoms with Gasteiger partial charge in [-0.25, -0.2) is 0 Å². The molecule has 1 saturated heterocycles. The number of hydrogen-bond donors (Lipinski definition) is 0. The molecule has 4 aromatic rings.